The van der Waals surface area contributed by atoms with Crippen LogP contribution in [0.2, 0.25) is 0 Å². The number of rotatable bonds is 5. The molecule has 7 nitrogen and oxygen atoms in total. The Kier molecular flexibility index (Phi) is 7.29. The lowest BCUT2D eigenvalue weighted by atomic mass is 9.87. The summed E-state index contributed by atoms with van der Waals surface area (Å²) in [5.74, 6) is 1.32. The molecule has 196 valence electrons. The van der Waals surface area contributed by atoms with E-state index in [-0.39, 0.29) is 23.1 Å². The highest BCUT2D eigenvalue weighted by Gasteiger charge is 2.31. The number of likely N-dealkylation sites (tertiary alicyclic amines) is 1. The van der Waals surface area contributed by atoms with Crippen molar-refractivity contribution in [3.05, 3.63) is 65.8 Å². The molecule has 3 aromatic rings. The molecule has 2 aliphatic heterocycles. The van der Waals surface area contributed by atoms with E-state index in [1.807, 2.05) is 17.0 Å². The molecular weight excluding hydrogens is 469 g/mol. The molecule has 1 aromatic heterocycles. The lowest BCUT2D eigenvalue weighted by molar-refractivity contribution is -0.137. The smallest absolute Gasteiger partial charge is 0.241 e. The number of hydrogen-bond donors (Lipinski definition) is 0. The minimum Gasteiger partial charge on any atom is -0.368 e. The number of aromatic nitrogens is 2. The summed E-state index contributed by atoms with van der Waals surface area (Å²) in [5.41, 5.74) is 3.33. The van der Waals surface area contributed by atoms with Crippen LogP contribution in [-0.4, -0.2) is 65.1 Å². The molecule has 0 aliphatic carbocycles. The van der Waals surface area contributed by atoms with Gasteiger partial charge in [0.1, 0.15) is 5.82 Å². The molecule has 0 radical (unpaired) electrons. The van der Waals surface area contributed by atoms with Gasteiger partial charge in [0.2, 0.25) is 17.6 Å². The van der Waals surface area contributed by atoms with E-state index in [1.165, 1.54) is 17.7 Å². The van der Waals surface area contributed by atoms with E-state index in [2.05, 4.69) is 52.8 Å². The van der Waals surface area contributed by atoms with Crippen LogP contribution in [0.5, 0.6) is 0 Å². The molecule has 2 fully saturated rings. The maximum absolute atomic E-state index is 13.2. The van der Waals surface area contributed by atoms with Crippen LogP contribution in [0.15, 0.2) is 53.1 Å². The summed E-state index contributed by atoms with van der Waals surface area (Å²) in [6.07, 6.45) is 1.68. The highest BCUT2D eigenvalue weighted by atomic mass is 19.1. The van der Waals surface area contributed by atoms with Gasteiger partial charge in [-0.05, 0) is 61.2 Å². The second kappa shape index (κ2) is 10.6. The number of anilines is 1. The number of benzene rings is 2. The second-order valence-corrected chi connectivity index (χ2v) is 11.2. The largest absolute Gasteiger partial charge is 0.368 e. The Morgan fingerprint density at radius 3 is 2.22 bits per heavy atom. The van der Waals surface area contributed by atoms with Gasteiger partial charge in [0.05, 0.1) is 6.54 Å². The minimum absolute atomic E-state index is 0.0631. The number of carbonyl (C=O) groups is 1. The first kappa shape index (κ1) is 25.4. The fourth-order valence-electron chi connectivity index (χ4n) is 5.18. The first-order valence-corrected chi connectivity index (χ1v) is 13.2. The molecule has 2 aromatic carbocycles. The summed E-state index contributed by atoms with van der Waals surface area (Å²) >= 11 is 0. The Hall–Kier alpha value is -3.26. The van der Waals surface area contributed by atoms with Crippen LogP contribution in [0.25, 0.3) is 11.4 Å². The van der Waals surface area contributed by atoms with Crippen LogP contribution in [-0.2, 0) is 16.8 Å². The van der Waals surface area contributed by atoms with Gasteiger partial charge in [-0.3, -0.25) is 9.69 Å². The number of piperidine rings is 1. The highest BCUT2D eigenvalue weighted by Crippen LogP contribution is 2.26. The molecule has 0 unspecified atom stereocenters. The van der Waals surface area contributed by atoms with Crippen LogP contribution in [0, 0.1) is 11.7 Å². The van der Waals surface area contributed by atoms with Crippen molar-refractivity contribution in [1.29, 1.82) is 0 Å². The SMILES string of the molecule is CC(C)(C)c1ccc(-c2noc(CN3CCC(C(=O)N4CCN(c5ccc(F)cc5)CC4)CC3)n2)cc1. The molecule has 37 heavy (non-hydrogen) atoms. The molecule has 0 spiro atoms. The summed E-state index contributed by atoms with van der Waals surface area (Å²) in [6.45, 7) is 11.8. The molecule has 0 N–H and O–H groups in total. The standard InChI is InChI=1S/C29H36FN5O2/c1-29(2,3)23-6-4-21(5-7-23)27-31-26(37-32-27)20-33-14-12-22(13-15-33)28(36)35-18-16-34(17-19-35)25-10-8-24(30)9-11-25/h4-11,22H,12-20H2,1-3H3. The summed E-state index contributed by atoms with van der Waals surface area (Å²) in [5, 5.41) is 4.18. The molecule has 2 saturated heterocycles. The van der Waals surface area contributed by atoms with E-state index in [1.54, 1.807) is 12.1 Å². The van der Waals surface area contributed by atoms with Gasteiger partial charge < -0.3 is 14.3 Å². The number of halogens is 1. The Balaban J connectivity index is 1.09. The van der Waals surface area contributed by atoms with Crippen LogP contribution < -0.4 is 4.90 Å². The van der Waals surface area contributed by atoms with Crippen molar-refractivity contribution in [2.45, 2.75) is 45.6 Å². The summed E-state index contributed by atoms with van der Waals surface area (Å²) in [4.78, 5) is 24.3. The minimum atomic E-state index is -0.227. The van der Waals surface area contributed by atoms with Crippen molar-refractivity contribution in [3.63, 3.8) is 0 Å². The van der Waals surface area contributed by atoms with Crippen molar-refractivity contribution in [2.24, 2.45) is 5.92 Å². The zero-order valence-electron chi connectivity index (χ0n) is 22.0. The van der Waals surface area contributed by atoms with Crippen molar-refractivity contribution >= 4 is 11.6 Å². The average molecular weight is 506 g/mol. The molecule has 0 bridgehead atoms. The Morgan fingerprint density at radius 2 is 1.59 bits per heavy atom. The first-order chi connectivity index (χ1) is 17.8. The normalized spacial score (nSPS) is 17.8. The monoisotopic (exact) mass is 505 g/mol. The quantitative estimate of drug-likeness (QED) is 0.499. The van der Waals surface area contributed by atoms with Crippen molar-refractivity contribution < 1.29 is 13.7 Å². The highest BCUT2D eigenvalue weighted by molar-refractivity contribution is 5.79. The molecule has 8 heteroatoms. The average Bonchev–Trinajstić information content (AvgIpc) is 3.37. The van der Waals surface area contributed by atoms with Gasteiger partial charge in [-0.25, -0.2) is 4.39 Å². The van der Waals surface area contributed by atoms with Gasteiger partial charge in [0, 0.05) is 43.3 Å². The number of piperazine rings is 1. The first-order valence-electron chi connectivity index (χ1n) is 13.2. The summed E-state index contributed by atoms with van der Waals surface area (Å²) in [7, 11) is 0. The van der Waals surface area contributed by atoms with Crippen molar-refractivity contribution in [2.75, 3.05) is 44.2 Å². The Bertz CT molecular complexity index is 1190. The summed E-state index contributed by atoms with van der Waals surface area (Å²) in [6, 6.07) is 14.9. The van der Waals surface area contributed by atoms with E-state index < -0.39 is 0 Å². The molecule has 3 heterocycles. The van der Waals surface area contributed by atoms with E-state index >= 15 is 0 Å². The molecule has 2 aliphatic rings. The van der Waals surface area contributed by atoms with Crippen molar-refractivity contribution in [1.82, 2.24) is 19.9 Å². The number of hydrogen-bond acceptors (Lipinski definition) is 6. The van der Waals surface area contributed by atoms with Crippen LogP contribution in [0.3, 0.4) is 0 Å². The summed E-state index contributed by atoms with van der Waals surface area (Å²) < 4.78 is 18.7. The molecule has 5 rings (SSSR count). The lowest BCUT2D eigenvalue weighted by Gasteiger charge is -2.39. The zero-order chi connectivity index (χ0) is 26.0. The lowest BCUT2D eigenvalue weighted by Crippen LogP contribution is -2.51. The van der Waals surface area contributed by atoms with Gasteiger partial charge in [0.15, 0.2) is 0 Å². The van der Waals surface area contributed by atoms with E-state index in [9.17, 15) is 9.18 Å². The van der Waals surface area contributed by atoms with E-state index in [0.717, 1.165) is 50.3 Å². The molecule has 1 amide bonds. The maximum Gasteiger partial charge on any atom is 0.241 e. The number of carbonyl (C=O) groups excluding carboxylic acids is 1. The topological polar surface area (TPSA) is 65.7 Å². The molecule has 0 saturated carbocycles. The third-order valence-corrected chi connectivity index (χ3v) is 7.56. The number of nitrogens with zero attached hydrogens (tertiary/aromatic N) is 5. The van der Waals surface area contributed by atoms with E-state index in [4.69, 9.17) is 4.52 Å². The zero-order valence-corrected chi connectivity index (χ0v) is 22.0. The predicted molar refractivity (Wildman–Crippen MR) is 142 cm³/mol. The van der Waals surface area contributed by atoms with Crippen LogP contribution in [0.1, 0.15) is 45.1 Å². The predicted octanol–water partition coefficient (Wildman–Crippen LogP) is 4.73. The molecule has 0 atom stereocenters. The fraction of sp³-hybridized carbons (Fsp3) is 0.483. The van der Waals surface area contributed by atoms with E-state index in [0.29, 0.717) is 31.3 Å². The van der Waals surface area contributed by atoms with Gasteiger partial charge in [-0.2, -0.15) is 4.98 Å². The fourth-order valence-corrected chi connectivity index (χ4v) is 5.18. The Morgan fingerprint density at radius 1 is 0.946 bits per heavy atom. The Labute approximate surface area is 218 Å². The third kappa shape index (κ3) is 6.01. The molecular formula is C29H36FN5O2. The maximum atomic E-state index is 13.2. The third-order valence-electron chi connectivity index (χ3n) is 7.56. The van der Waals surface area contributed by atoms with Gasteiger partial charge in [-0.15, -0.1) is 0 Å². The van der Waals surface area contributed by atoms with Gasteiger partial charge in [0.25, 0.3) is 0 Å². The van der Waals surface area contributed by atoms with Crippen LogP contribution >= 0.6 is 0 Å². The number of amides is 1. The van der Waals surface area contributed by atoms with Gasteiger partial charge >= 0.3 is 0 Å². The van der Waals surface area contributed by atoms with Crippen molar-refractivity contribution in [3.8, 4) is 11.4 Å². The van der Waals surface area contributed by atoms with Crippen LogP contribution in [0.4, 0.5) is 10.1 Å². The van der Waals surface area contributed by atoms with Gasteiger partial charge in [-0.1, -0.05) is 50.2 Å². The second-order valence-electron chi connectivity index (χ2n) is 11.2.